The van der Waals surface area contributed by atoms with Gasteiger partial charge in [-0.2, -0.15) is 5.26 Å². The van der Waals surface area contributed by atoms with Crippen molar-refractivity contribution < 1.29 is 4.74 Å². The van der Waals surface area contributed by atoms with Crippen molar-refractivity contribution in [3.05, 3.63) is 42.5 Å². The normalized spacial score (nSPS) is 18.8. The Hall–Kier alpha value is -1.94. The Morgan fingerprint density at radius 2 is 1.93 bits per heavy atom. The van der Waals surface area contributed by atoms with Crippen LogP contribution in [0.5, 0.6) is 0 Å². The third kappa shape index (κ3) is 8.14. The lowest BCUT2D eigenvalue weighted by Gasteiger charge is -2.36. The van der Waals surface area contributed by atoms with Gasteiger partial charge in [0.1, 0.15) is 0 Å². The molecule has 2 rings (SSSR count). The van der Waals surface area contributed by atoms with Gasteiger partial charge >= 0.3 is 0 Å². The second-order valence-electron chi connectivity index (χ2n) is 7.79. The molecule has 158 valence electrons. The van der Waals surface area contributed by atoms with Crippen LogP contribution in [0.15, 0.2) is 36.9 Å². The predicted molar refractivity (Wildman–Crippen MR) is 124 cm³/mol. The summed E-state index contributed by atoms with van der Waals surface area (Å²) < 4.78 is 6.10. The van der Waals surface area contributed by atoms with Crippen molar-refractivity contribution in [2.75, 3.05) is 39.1 Å². The van der Waals surface area contributed by atoms with Crippen molar-refractivity contribution >= 4 is 23.0 Å². The third-order valence-corrected chi connectivity index (χ3v) is 5.90. The van der Waals surface area contributed by atoms with Crippen LogP contribution >= 0.6 is 12.2 Å². The molecular formula is C23H34N4OS. The summed E-state index contributed by atoms with van der Waals surface area (Å²) in [6.45, 7) is 6.66. The number of likely N-dealkylation sites (N-methyl/N-ethyl adjacent to an activating group) is 1. The molecule has 0 aromatic heterocycles. The maximum atomic E-state index is 8.89. The predicted octanol–water partition coefficient (Wildman–Crippen LogP) is 4.41. The number of benzene rings is 1. The molecule has 6 heteroatoms. The summed E-state index contributed by atoms with van der Waals surface area (Å²) in [5.41, 5.74) is 1.56. The molecule has 1 N–H and O–H groups in total. The fourth-order valence-corrected chi connectivity index (χ4v) is 3.92. The number of hydrogen-bond donors (Lipinski definition) is 1. The van der Waals surface area contributed by atoms with E-state index in [0.717, 1.165) is 69.0 Å². The van der Waals surface area contributed by atoms with E-state index in [1.54, 1.807) is 12.1 Å². The SMILES string of the molecule is C=CCN(C)CCCCOC1CCC(N(C)C(=S)Nc2ccc(C#N)cc2)CC1. The van der Waals surface area contributed by atoms with Gasteiger partial charge in [0.15, 0.2) is 5.11 Å². The molecule has 29 heavy (non-hydrogen) atoms. The zero-order valence-electron chi connectivity index (χ0n) is 17.8. The summed E-state index contributed by atoms with van der Waals surface area (Å²) in [5, 5.41) is 12.9. The van der Waals surface area contributed by atoms with Crippen LogP contribution in [0.1, 0.15) is 44.1 Å². The van der Waals surface area contributed by atoms with Gasteiger partial charge in [-0.1, -0.05) is 6.08 Å². The van der Waals surface area contributed by atoms with E-state index < -0.39 is 0 Å². The molecule has 0 amide bonds. The van der Waals surface area contributed by atoms with Crippen LogP contribution in [0.2, 0.25) is 0 Å². The van der Waals surface area contributed by atoms with E-state index in [-0.39, 0.29) is 0 Å². The number of unbranched alkanes of at least 4 members (excludes halogenated alkanes) is 1. The van der Waals surface area contributed by atoms with Gasteiger partial charge < -0.3 is 19.9 Å². The minimum atomic E-state index is 0.380. The Balaban J connectivity index is 1.64. The number of anilines is 1. The summed E-state index contributed by atoms with van der Waals surface area (Å²) in [6.07, 6.45) is 8.97. The van der Waals surface area contributed by atoms with Gasteiger partial charge in [-0.3, -0.25) is 0 Å². The zero-order valence-corrected chi connectivity index (χ0v) is 18.6. The quantitative estimate of drug-likeness (QED) is 0.348. The topological polar surface area (TPSA) is 51.5 Å². The molecule has 0 unspecified atom stereocenters. The molecule has 0 spiro atoms. The minimum absolute atomic E-state index is 0.380. The maximum absolute atomic E-state index is 8.89. The van der Waals surface area contributed by atoms with Gasteiger partial charge in [0.05, 0.1) is 17.7 Å². The van der Waals surface area contributed by atoms with E-state index in [1.165, 1.54) is 0 Å². The number of thiocarbonyl (C=S) groups is 1. The molecule has 5 nitrogen and oxygen atoms in total. The second-order valence-corrected chi connectivity index (χ2v) is 8.18. The number of hydrogen-bond acceptors (Lipinski definition) is 4. The number of ether oxygens (including phenoxy) is 1. The van der Waals surface area contributed by atoms with Crippen LogP contribution in [-0.4, -0.2) is 60.8 Å². The second kappa shape index (κ2) is 12.6. The molecule has 1 aromatic rings. The molecule has 1 fully saturated rings. The first-order valence-electron chi connectivity index (χ1n) is 10.5. The van der Waals surface area contributed by atoms with Gasteiger partial charge in [-0.15, -0.1) is 6.58 Å². The Kier molecular flexibility index (Phi) is 10.1. The van der Waals surface area contributed by atoms with Gasteiger partial charge in [-0.25, -0.2) is 0 Å². The number of nitrogens with zero attached hydrogens (tertiary/aromatic N) is 3. The average molecular weight is 415 g/mol. The first kappa shape index (κ1) is 23.3. The average Bonchev–Trinajstić information content (AvgIpc) is 2.74. The molecule has 1 saturated carbocycles. The molecule has 1 aliphatic carbocycles. The van der Waals surface area contributed by atoms with Gasteiger partial charge in [0.25, 0.3) is 0 Å². The molecule has 0 radical (unpaired) electrons. The lowest BCUT2D eigenvalue weighted by atomic mass is 9.92. The Morgan fingerprint density at radius 3 is 2.55 bits per heavy atom. The molecule has 1 aliphatic rings. The van der Waals surface area contributed by atoms with E-state index in [2.05, 4.69) is 41.9 Å². The van der Waals surface area contributed by atoms with E-state index in [4.69, 9.17) is 22.2 Å². The largest absolute Gasteiger partial charge is 0.378 e. The summed E-state index contributed by atoms with van der Waals surface area (Å²) >= 11 is 5.58. The van der Waals surface area contributed by atoms with Gasteiger partial charge in [0.2, 0.25) is 0 Å². The molecule has 1 aromatic carbocycles. The van der Waals surface area contributed by atoms with Crippen LogP contribution in [0.4, 0.5) is 5.69 Å². The summed E-state index contributed by atoms with van der Waals surface area (Å²) in [5.74, 6) is 0. The Bertz CT molecular complexity index is 677. The lowest BCUT2D eigenvalue weighted by molar-refractivity contribution is 0.0146. The zero-order chi connectivity index (χ0) is 21.1. The van der Waals surface area contributed by atoms with Crippen molar-refractivity contribution in [1.29, 1.82) is 5.26 Å². The van der Waals surface area contributed by atoms with Crippen LogP contribution in [0, 0.1) is 11.3 Å². The number of nitrogens with one attached hydrogen (secondary N) is 1. The fourth-order valence-electron chi connectivity index (χ4n) is 3.65. The summed E-state index contributed by atoms with van der Waals surface area (Å²) in [4.78, 5) is 4.45. The standard InChI is InChI=1S/C23H34N4OS/c1-4-15-26(2)16-5-6-17-28-22-13-11-21(12-14-22)27(3)23(29)25-20-9-7-19(18-24)8-10-20/h4,7-10,21-22H,1,5-6,11-17H2,2-3H3,(H,25,29). The maximum Gasteiger partial charge on any atom is 0.173 e. The molecule has 0 heterocycles. The molecular weight excluding hydrogens is 380 g/mol. The molecule has 0 aliphatic heterocycles. The molecule has 0 atom stereocenters. The van der Waals surface area contributed by atoms with E-state index >= 15 is 0 Å². The van der Waals surface area contributed by atoms with Crippen LogP contribution < -0.4 is 5.32 Å². The first-order chi connectivity index (χ1) is 14.0. The van der Waals surface area contributed by atoms with Crippen molar-refractivity contribution in [3.8, 4) is 6.07 Å². The highest BCUT2D eigenvalue weighted by Gasteiger charge is 2.25. The van der Waals surface area contributed by atoms with E-state index in [0.29, 0.717) is 17.7 Å². The number of nitriles is 1. The monoisotopic (exact) mass is 414 g/mol. The van der Waals surface area contributed by atoms with Crippen molar-refractivity contribution in [2.24, 2.45) is 0 Å². The smallest absolute Gasteiger partial charge is 0.173 e. The first-order valence-corrected chi connectivity index (χ1v) is 10.9. The summed E-state index contributed by atoms with van der Waals surface area (Å²) in [7, 11) is 4.19. The molecule has 0 saturated heterocycles. The Labute approximate surface area is 181 Å². The van der Waals surface area contributed by atoms with Crippen LogP contribution in [0.3, 0.4) is 0 Å². The van der Waals surface area contributed by atoms with Crippen LogP contribution in [0.25, 0.3) is 0 Å². The molecule has 0 bridgehead atoms. The fraction of sp³-hybridized carbons (Fsp3) is 0.565. The van der Waals surface area contributed by atoms with Crippen molar-refractivity contribution in [3.63, 3.8) is 0 Å². The van der Waals surface area contributed by atoms with Crippen molar-refractivity contribution in [1.82, 2.24) is 9.80 Å². The lowest BCUT2D eigenvalue weighted by Crippen LogP contribution is -2.42. The van der Waals surface area contributed by atoms with Crippen LogP contribution in [-0.2, 0) is 4.74 Å². The minimum Gasteiger partial charge on any atom is -0.378 e. The highest BCUT2D eigenvalue weighted by molar-refractivity contribution is 7.80. The third-order valence-electron chi connectivity index (χ3n) is 5.51. The van der Waals surface area contributed by atoms with Crippen molar-refractivity contribution in [2.45, 2.75) is 50.7 Å². The highest BCUT2D eigenvalue weighted by atomic mass is 32.1. The van der Waals surface area contributed by atoms with E-state index in [1.807, 2.05) is 18.2 Å². The van der Waals surface area contributed by atoms with E-state index in [9.17, 15) is 0 Å². The van der Waals surface area contributed by atoms with Gasteiger partial charge in [0, 0.05) is 31.9 Å². The Morgan fingerprint density at radius 1 is 1.24 bits per heavy atom. The number of rotatable bonds is 10. The summed E-state index contributed by atoms with van der Waals surface area (Å²) in [6, 6.07) is 9.94. The highest BCUT2D eigenvalue weighted by Crippen LogP contribution is 2.25. The van der Waals surface area contributed by atoms with Gasteiger partial charge in [-0.05, 0) is 88.6 Å².